The summed E-state index contributed by atoms with van der Waals surface area (Å²) in [6.07, 6.45) is 5.35. The summed E-state index contributed by atoms with van der Waals surface area (Å²) in [4.78, 5) is 33.0. The number of carbonyl (C=O) groups excluding carboxylic acids is 2. The van der Waals surface area contributed by atoms with E-state index in [-0.39, 0.29) is 11.8 Å². The van der Waals surface area contributed by atoms with Crippen LogP contribution < -0.4 is 16.0 Å². The number of benzene rings is 1. The van der Waals surface area contributed by atoms with Crippen molar-refractivity contribution in [3.8, 4) is 11.1 Å². The van der Waals surface area contributed by atoms with Crippen molar-refractivity contribution >= 4 is 29.2 Å². The zero-order valence-electron chi connectivity index (χ0n) is 19.4. The number of aromatic amines is 1. The van der Waals surface area contributed by atoms with Crippen LogP contribution in [-0.2, 0) is 4.79 Å². The molecule has 0 aliphatic carbocycles. The summed E-state index contributed by atoms with van der Waals surface area (Å²) in [6.45, 7) is 9.17. The Morgan fingerprint density at radius 2 is 1.97 bits per heavy atom. The van der Waals surface area contributed by atoms with Crippen molar-refractivity contribution < 1.29 is 9.59 Å². The van der Waals surface area contributed by atoms with Gasteiger partial charge in [0.15, 0.2) is 0 Å². The summed E-state index contributed by atoms with van der Waals surface area (Å²) in [5, 5.41) is 9.20. The molecule has 0 fully saturated rings. The molecule has 3 aromatic rings. The first-order valence-electron chi connectivity index (χ1n) is 11.1. The molecule has 1 aliphatic heterocycles. The van der Waals surface area contributed by atoms with Gasteiger partial charge in [-0.15, -0.1) is 0 Å². The normalized spacial score (nSPS) is 14.0. The van der Waals surface area contributed by atoms with Gasteiger partial charge in [0.2, 0.25) is 0 Å². The third-order valence-corrected chi connectivity index (χ3v) is 5.75. The highest BCUT2D eigenvalue weighted by atomic mass is 16.2. The van der Waals surface area contributed by atoms with E-state index in [1.807, 2.05) is 50.3 Å². The Labute approximate surface area is 193 Å². The molecule has 1 aliphatic rings. The average molecular weight is 444 g/mol. The van der Waals surface area contributed by atoms with Crippen LogP contribution >= 0.6 is 0 Å². The first kappa shape index (κ1) is 22.5. The molecule has 4 rings (SSSR count). The third-order valence-electron chi connectivity index (χ3n) is 5.75. The summed E-state index contributed by atoms with van der Waals surface area (Å²) in [7, 11) is 0. The van der Waals surface area contributed by atoms with Crippen molar-refractivity contribution in [3.63, 3.8) is 0 Å². The van der Waals surface area contributed by atoms with E-state index in [0.717, 1.165) is 39.3 Å². The molecule has 0 saturated carbocycles. The number of hydrogen-bond acceptors (Lipinski definition) is 4. The van der Waals surface area contributed by atoms with Gasteiger partial charge in [0, 0.05) is 59.7 Å². The second-order valence-electron chi connectivity index (χ2n) is 8.54. The number of H-pyrrole nitrogens is 1. The largest absolute Gasteiger partial charge is 0.358 e. The number of rotatable bonds is 7. The highest BCUT2D eigenvalue weighted by molar-refractivity contribution is 6.35. The van der Waals surface area contributed by atoms with Crippen LogP contribution in [0.4, 0.5) is 5.69 Å². The molecular formula is C26H29N5O2. The van der Waals surface area contributed by atoms with Crippen molar-refractivity contribution in [3.05, 3.63) is 70.8 Å². The molecular weight excluding hydrogens is 414 g/mol. The fraction of sp³-hybridized carbons (Fsp3) is 0.269. The van der Waals surface area contributed by atoms with Crippen LogP contribution in [-0.4, -0.2) is 40.9 Å². The first-order valence-corrected chi connectivity index (χ1v) is 11.1. The summed E-state index contributed by atoms with van der Waals surface area (Å²) in [5.41, 5.74) is 7.13. The van der Waals surface area contributed by atoms with Gasteiger partial charge in [-0.25, -0.2) is 0 Å². The Balaban J connectivity index is 1.58. The van der Waals surface area contributed by atoms with Crippen molar-refractivity contribution in [2.45, 2.75) is 33.7 Å². The molecule has 3 heterocycles. The highest BCUT2D eigenvalue weighted by Gasteiger charge is 2.26. The van der Waals surface area contributed by atoms with Crippen LogP contribution in [0.15, 0.2) is 42.7 Å². The smallest absolute Gasteiger partial charge is 0.256 e. The third kappa shape index (κ3) is 4.73. The van der Waals surface area contributed by atoms with Crippen molar-refractivity contribution in [2.24, 2.45) is 0 Å². The van der Waals surface area contributed by atoms with Gasteiger partial charge in [0.05, 0.1) is 11.1 Å². The SMILES string of the molecule is Cc1[nH]c(/C=C2\C(=O)Nc3cc(-c4cccnc4)ccc32)c(C)c1C(=O)NCCNC(C)C. The number of nitrogens with one attached hydrogen (secondary N) is 4. The highest BCUT2D eigenvalue weighted by Crippen LogP contribution is 2.36. The topological polar surface area (TPSA) is 98.9 Å². The summed E-state index contributed by atoms with van der Waals surface area (Å²) in [6, 6.07) is 10.1. The molecule has 7 nitrogen and oxygen atoms in total. The van der Waals surface area contributed by atoms with E-state index in [0.29, 0.717) is 30.3 Å². The lowest BCUT2D eigenvalue weighted by molar-refractivity contribution is -0.110. The number of anilines is 1. The number of aromatic nitrogens is 2. The number of nitrogens with zero attached hydrogens (tertiary/aromatic N) is 1. The molecule has 0 bridgehead atoms. The minimum absolute atomic E-state index is 0.117. The lowest BCUT2D eigenvalue weighted by Gasteiger charge is -2.09. The van der Waals surface area contributed by atoms with Crippen LogP contribution in [0.1, 0.15) is 46.7 Å². The number of aryl methyl sites for hydroxylation is 1. The molecule has 33 heavy (non-hydrogen) atoms. The Morgan fingerprint density at radius 1 is 1.15 bits per heavy atom. The molecule has 2 amide bonds. The number of carbonyl (C=O) groups is 2. The second-order valence-corrected chi connectivity index (χ2v) is 8.54. The van der Waals surface area contributed by atoms with Crippen LogP contribution in [0.25, 0.3) is 22.8 Å². The monoisotopic (exact) mass is 443 g/mol. The molecule has 0 atom stereocenters. The Kier molecular flexibility index (Phi) is 6.42. The van der Waals surface area contributed by atoms with E-state index >= 15 is 0 Å². The lowest BCUT2D eigenvalue weighted by atomic mass is 10.00. The van der Waals surface area contributed by atoms with Crippen LogP contribution in [0, 0.1) is 13.8 Å². The predicted octanol–water partition coefficient (Wildman–Crippen LogP) is 3.91. The first-order chi connectivity index (χ1) is 15.8. The van der Waals surface area contributed by atoms with Crippen molar-refractivity contribution in [2.75, 3.05) is 18.4 Å². The van der Waals surface area contributed by atoms with E-state index in [1.165, 1.54) is 0 Å². The van der Waals surface area contributed by atoms with Crippen molar-refractivity contribution in [1.82, 2.24) is 20.6 Å². The quantitative estimate of drug-likeness (QED) is 0.329. The van der Waals surface area contributed by atoms with Gasteiger partial charge in [0.1, 0.15) is 0 Å². The molecule has 4 N–H and O–H groups in total. The number of amides is 2. The van der Waals surface area contributed by atoms with Gasteiger partial charge in [-0.3, -0.25) is 14.6 Å². The van der Waals surface area contributed by atoms with Crippen molar-refractivity contribution in [1.29, 1.82) is 0 Å². The zero-order valence-corrected chi connectivity index (χ0v) is 19.4. The molecule has 1 aromatic carbocycles. The summed E-state index contributed by atoms with van der Waals surface area (Å²) < 4.78 is 0. The van der Waals surface area contributed by atoms with E-state index < -0.39 is 0 Å². The second kappa shape index (κ2) is 9.42. The van der Waals surface area contributed by atoms with E-state index in [2.05, 4.69) is 39.8 Å². The molecule has 170 valence electrons. The van der Waals surface area contributed by atoms with E-state index in [1.54, 1.807) is 12.4 Å². The predicted molar refractivity (Wildman–Crippen MR) is 132 cm³/mol. The molecule has 7 heteroatoms. The van der Waals surface area contributed by atoms with Gasteiger partial charge in [-0.1, -0.05) is 32.0 Å². The lowest BCUT2D eigenvalue weighted by Crippen LogP contribution is -2.34. The molecule has 0 unspecified atom stereocenters. The van der Waals surface area contributed by atoms with E-state index in [4.69, 9.17) is 0 Å². The van der Waals surface area contributed by atoms with Crippen LogP contribution in [0.3, 0.4) is 0 Å². The average Bonchev–Trinajstić information content (AvgIpc) is 3.26. The van der Waals surface area contributed by atoms with Gasteiger partial charge < -0.3 is 20.9 Å². The van der Waals surface area contributed by atoms with E-state index in [9.17, 15) is 9.59 Å². The maximum Gasteiger partial charge on any atom is 0.256 e. The Bertz CT molecular complexity index is 1220. The molecule has 0 spiro atoms. The summed E-state index contributed by atoms with van der Waals surface area (Å²) in [5.74, 6) is -0.278. The van der Waals surface area contributed by atoms with Crippen LogP contribution in [0.5, 0.6) is 0 Å². The summed E-state index contributed by atoms with van der Waals surface area (Å²) >= 11 is 0. The maximum absolute atomic E-state index is 12.8. The fourth-order valence-corrected chi connectivity index (χ4v) is 4.08. The minimum Gasteiger partial charge on any atom is -0.358 e. The molecule has 2 aromatic heterocycles. The van der Waals surface area contributed by atoms with Gasteiger partial charge in [-0.2, -0.15) is 0 Å². The maximum atomic E-state index is 12.8. The number of hydrogen-bond donors (Lipinski definition) is 4. The fourth-order valence-electron chi connectivity index (χ4n) is 4.08. The molecule has 0 radical (unpaired) electrons. The Hall–Kier alpha value is -3.71. The Morgan fingerprint density at radius 3 is 2.70 bits per heavy atom. The molecule has 0 saturated heterocycles. The standard InChI is InChI=1S/C26H29N5O2/c1-15(2)28-10-11-29-26(33)24-16(3)22(30-17(24)4)13-21-20-8-7-18(12-23(20)31-25(21)32)19-6-5-9-27-14-19/h5-9,12-15,28,30H,10-11H2,1-4H3,(H,29,33)(H,31,32)/b21-13-. The van der Waals surface area contributed by atoms with Gasteiger partial charge in [0.25, 0.3) is 11.8 Å². The number of fused-ring (bicyclic) bond motifs is 1. The minimum atomic E-state index is -0.161. The number of pyridine rings is 1. The van der Waals surface area contributed by atoms with Gasteiger partial charge >= 0.3 is 0 Å². The van der Waals surface area contributed by atoms with Gasteiger partial charge in [-0.05, 0) is 43.2 Å². The zero-order chi connectivity index (χ0) is 23.5. The van der Waals surface area contributed by atoms with Crippen LogP contribution in [0.2, 0.25) is 0 Å².